The Morgan fingerprint density at radius 3 is 3.13 bits per heavy atom. The van der Waals surface area contributed by atoms with Crippen LogP contribution in [0.5, 0.6) is 0 Å². The van der Waals surface area contributed by atoms with E-state index in [-0.39, 0.29) is 0 Å². The van der Waals surface area contributed by atoms with Crippen molar-refractivity contribution in [1.82, 2.24) is 20.2 Å². The Morgan fingerprint density at radius 2 is 2.33 bits per heavy atom. The van der Waals surface area contributed by atoms with Crippen LogP contribution in [0.2, 0.25) is 0 Å². The molecule has 0 aliphatic carbocycles. The number of nitrogens with zero attached hydrogens (tertiary/aromatic N) is 3. The molecule has 0 bridgehead atoms. The van der Waals surface area contributed by atoms with Crippen molar-refractivity contribution >= 4 is 0 Å². The van der Waals surface area contributed by atoms with Crippen LogP contribution in [0, 0.1) is 0 Å². The van der Waals surface area contributed by atoms with Crippen LogP contribution in [-0.4, -0.2) is 35.0 Å². The number of nitrogens with one attached hydrogen (secondary N) is 1. The third-order valence-corrected chi connectivity index (χ3v) is 3.44. The number of hydrogen-bond acceptors (Lipinski definition) is 4. The molecule has 4 nitrogen and oxygen atoms in total. The first kappa shape index (κ1) is 9.24. The van der Waals surface area contributed by atoms with Gasteiger partial charge in [0.1, 0.15) is 6.33 Å². The van der Waals surface area contributed by atoms with Gasteiger partial charge in [-0.25, -0.2) is 9.97 Å². The Morgan fingerprint density at radius 1 is 1.40 bits per heavy atom. The first-order valence-corrected chi connectivity index (χ1v) is 5.56. The van der Waals surface area contributed by atoms with Crippen LogP contribution in [0.25, 0.3) is 0 Å². The molecule has 2 aliphatic rings. The van der Waals surface area contributed by atoms with Gasteiger partial charge in [-0.1, -0.05) is 0 Å². The molecule has 0 aromatic carbocycles. The van der Waals surface area contributed by atoms with Gasteiger partial charge in [-0.05, 0) is 20.0 Å². The highest BCUT2D eigenvalue weighted by atomic mass is 15.1. The van der Waals surface area contributed by atoms with E-state index in [2.05, 4.69) is 27.2 Å². The van der Waals surface area contributed by atoms with Crippen LogP contribution < -0.4 is 5.32 Å². The summed E-state index contributed by atoms with van der Waals surface area (Å²) < 4.78 is 0. The molecule has 0 spiro atoms. The van der Waals surface area contributed by atoms with E-state index < -0.39 is 0 Å². The van der Waals surface area contributed by atoms with Crippen molar-refractivity contribution in [2.75, 3.05) is 20.1 Å². The smallest absolute Gasteiger partial charge is 0.116 e. The summed E-state index contributed by atoms with van der Waals surface area (Å²) in [5.74, 6) is 0.617. The Kier molecular flexibility index (Phi) is 2.18. The van der Waals surface area contributed by atoms with Crippen molar-refractivity contribution in [3.63, 3.8) is 0 Å². The highest BCUT2D eigenvalue weighted by Gasteiger charge is 2.27. The molecule has 0 radical (unpaired) electrons. The molecule has 80 valence electrons. The lowest BCUT2D eigenvalue weighted by atomic mass is 9.99. The topological polar surface area (TPSA) is 41.1 Å². The summed E-state index contributed by atoms with van der Waals surface area (Å²) in [6.07, 6.45) is 2.96. The first-order chi connectivity index (χ1) is 7.34. The van der Waals surface area contributed by atoms with Gasteiger partial charge < -0.3 is 10.2 Å². The largest absolute Gasteiger partial charge is 0.307 e. The zero-order valence-electron chi connectivity index (χ0n) is 9.03. The minimum absolute atomic E-state index is 0.617. The van der Waals surface area contributed by atoms with Gasteiger partial charge in [-0.2, -0.15) is 0 Å². The Bertz CT molecular complexity index is 377. The third kappa shape index (κ3) is 1.54. The highest BCUT2D eigenvalue weighted by Crippen LogP contribution is 2.29. The maximum Gasteiger partial charge on any atom is 0.116 e. The average molecular weight is 204 g/mol. The van der Waals surface area contributed by atoms with Gasteiger partial charge in [-0.3, -0.25) is 0 Å². The molecule has 0 amide bonds. The molecular weight excluding hydrogens is 188 g/mol. The molecule has 15 heavy (non-hydrogen) atoms. The Labute approximate surface area is 89.7 Å². The molecule has 1 unspecified atom stereocenters. The van der Waals surface area contributed by atoms with Crippen molar-refractivity contribution < 1.29 is 0 Å². The first-order valence-electron chi connectivity index (χ1n) is 5.56. The van der Waals surface area contributed by atoms with Crippen LogP contribution in [0.3, 0.4) is 0 Å². The van der Waals surface area contributed by atoms with Crippen LogP contribution in [0.4, 0.5) is 0 Å². The van der Waals surface area contributed by atoms with Gasteiger partial charge >= 0.3 is 0 Å². The summed E-state index contributed by atoms with van der Waals surface area (Å²) >= 11 is 0. The van der Waals surface area contributed by atoms with Gasteiger partial charge in [0, 0.05) is 31.1 Å². The quantitative estimate of drug-likeness (QED) is 0.723. The van der Waals surface area contributed by atoms with Crippen molar-refractivity contribution in [3.8, 4) is 0 Å². The molecule has 1 atom stereocenters. The number of fused-ring (bicyclic) bond motifs is 1. The number of likely N-dealkylation sites (tertiary alicyclic amines) is 1. The van der Waals surface area contributed by atoms with E-state index in [4.69, 9.17) is 0 Å². The fourth-order valence-corrected chi connectivity index (χ4v) is 2.63. The normalized spacial score (nSPS) is 25.8. The van der Waals surface area contributed by atoms with Crippen LogP contribution in [0.15, 0.2) is 6.33 Å². The average Bonchev–Trinajstić information content (AvgIpc) is 2.84. The van der Waals surface area contributed by atoms with Crippen molar-refractivity contribution in [3.05, 3.63) is 23.3 Å². The van der Waals surface area contributed by atoms with Gasteiger partial charge in [0.2, 0.25) is 0 Å². The standard InChI is InChI=1S/C11H16N4/c1-15-3-2-8(6-15)11-9-4-12-5-10(9)13-7-14-11/h7-8,12H,2-6H2,1H3. The van der Waals surface area contributed by atoms with E-state index >= 15 is 0 Å². The fourth-order valence-electron chi connectivity index (χ4n) is 2.63. The number of hydrogen-bond donors (Lipinski definition) is 1. The molecule has 1 aromatic heterocycles. The maximum atomic E-state index is 4.49. The summed E-state index contributed by atoms with van der Waals surface area (Å²) in [6, 6.07) is 0. The van der Waals surface area contributed by atoms with Crippen molar-refractivity contribution in [2.24, 2.45) is 0 Å². The second-order valence-electron chi connectivity index (χ2n) is 4.54. The van der Waals surface area contributed by atoms with E-state index in [9.17, 15) is 0 Å². The van der Waals surface area contributed by atoms with E-state index in [0.29, 0.717) is 5.92 Å². The van der Waals surface area contributed by atoms with E-state index in [0.717, 1.165) is 19.6 Å². The zero-order valence-corrected chi connectivity index (χ0v) is 9.03. The Balaban J connectivity index is 1.95. The maximum absolute atomic E-state index is 4.49. The lowest BCUT2D eigenvalue weighted by molar-refractivity contribution is 0.410. The van der Waals surface area contributed by atoms with Gasteiger partial charge in [0.25, 0.3) is 0 Å². The minimum atomic E-state index is 0.617. The fraction of sp³-hybridized carbons (Fsp3) is 0.636. The van der Waals surface area contributed by atoms with Crippen molar-refractivity contribution in [2.45, 2.75) is 25.4 Å². The molecule has 3 heterocycles. The Hall–Kier alpha value is -1.00. The molecule has 2 aliphatic heterocycles. The molecule has 1 N–H and O–H groups in total. The summed E-state index contributed by atoms with van der Waals surface area (Å²) in [5, 5.41) is 3.35. The van der Waals surface area contributed by atoms with E-state index in [1.54, 1.807) is 6.33 Å². The van der Waals surface area contributed by atoms with E-state index in [1.807, 2.05) is 0 Å². The predicted molar refractivity (Wildman–Crippen MR) is 57.4 cm³/mol. The second-order valence-corrected chi connectivity index (χ2v) is 4.54. The van der Waals surface area contributed by atoms with Gasteiger partial charge in [0.05, 0.1) is 11.4 Å². The van der Waals surface area contributed by atoms with E-state index in [1.165, 1.54) is 29.9 Å². The highest BCUT2D eigenvalue weighted by molar-refractivity contribution is 5.31. The van der Waals surface area contributed by atoms with Crippen LogP contribution in [-0.2, 0) is 13.1 Å². The lowest BCUT2D eigenvalue weighted by Gasteiger charge is -2.12. The molecule has 1 saturated heterocycles. The number of likely N-dealkylation sites (N-methyl/N-ethyl adjacent to an activating group) is 1. The lowest BCUT2D eigenvalue weighted by Crippen LogP contribution is -2.15. The number of rotatable bonds is 1. The molecule has 3 rings (SSSR count). The summed E-state index contributed by atoms with van der Waals surface area (Å²) in [4.78, 5) is 11.2. The SMILES string of the molecule is CN1CCC(c2ncnc3c2CNC3)C1. The summed E-state index contributed by atoms with van der Waals surface area (Å²) in [7, 11) is 2.18. The van der Waals surface area contributed by atoms with Crippen LogP contribution in [0.1, 0.15) is 29.3 Å². The zero-order chi connectivity index (χ0) is 10.3. The summed E-state index contributed by atoms with van der Waals surface area (Å²) in [6.45, 7) is 4.19. The predicted octanol–water partition coefficient (Wildman–Crippen LogP) is 0.499. The third-order valence-electron chi connectivity index (χ3n) is 3.44. The minimum Gasteiger partial charge on any atom is -0.307 e. The number of aromatic nitrogens is 2. The molecule has 1 fully saturated rings. The van der Waals surface area contributed by atoms with Gasteiger partial charge in [0.15, 0.2) is 0 Å². The molecule has 1 aromatic rings. The van der Waals surface area contributed by atoms with Crippen LogP contribution >= 0.6 is 0 Å². The van der Waals surface area contributed by atoms with Gasteiger partial charge in [-0.15, -0.1) is 0 Å². The molecule has 4 heteroatoms. The van der Waals surface area contributed by atoms with Crippen molar-refractivity contribution in [1.29, 1.82) is 0 Å². The molecule has 0 saturated carbocycles. The monoisotopic (exact) mass is 204 g/mol. The summed E-state index contributed by atoms with van der Waals surface area (Å²) in [5.41, 5.74) is 3.85. The second kappa shape index (κ2) is 3.54. The molecular formula is C11H16N4.